The number of para-hydroxylation sites is 1. The first-order valence-corrected chi connectivity index (χ1v) is 49.4. The standard InChI is InChI=1S/C24H20N2O3.C22H18N2O2.C21H17N3O.C20H15FO3.C19H18N4O3.C17H18N2O/c1-15-11-19-20(12-16(15)2)26(14-17-7-6-10-25-13-17)23(27)22(24(28)29)21(19)18-8-4-3-5-9-18;25-21-18-10-4-5-11-19(18)24(14-12-16-7-6-13-23-15-16)22(26)20(21)17-8-2-1-3-9-17;1-24-19-10-9-17(21(25)16-7-3-2-4-8-16)13-18(19)23-20(24)12-15-6-5-11-22-14-15;21-18-10-16-15(9-14(18)11-4-2-1-3-5-11)13(12-6-7-12)8-17(19(16)22)20(23)24;24-18-17(21-19(25)23(18)12-13-5-4-8-20-11-13)10-15-9-16(22-26-15)14-6-2-1-3-7-14;1-13-17(2,11-14-7-6-10-18-12-14)16(19-20-13)15-8-4-3-5-9-15/h3-13H,14H2,1-2H3,(H,28,29);1-11,13,15,25H,12,14H2;2-11,13-14H,12H2,1H3;1-5,8-10,12-13H,6-7H2,(H,23,24);1-8,11,15,17H,9-10,12H2,(H,21,25);3-10,12-13H,11H2,1-2H3. The van der Waals surface area contributed by atoms with Crippen molar-refractivity contribution in [2.24, 2.45) is 28.7 Å². The minimum absolute atomic E-state index is 0.0157. The number of benzene rings is 10. The van der Waals surface area contributed by atoms with Crippen LogP contribution < -0.4 is 16.4 Å². The molecular weight excluding hydrogens is 1890 g/mol. The van der Waals surface area contributed by atoms with E-state index in [0.29, 0.717) is 82.4 Å². The number of aryl methyl sites for hydroxylation is 5. The van der Waals surface area contributed by atoms with Gasteiger partial charge < -0.3 is 44.0 Å². The maximum absolute atomic E-state index is 14.6. The number of allylic oxidation sites excluding steroid dienone is 1. The smallest absolute Gasteiger partial charge is 0.342 e. The molecule has 1 saturated heterocycles. The molecule has 8 aromatic heterocycles. The highest BCUT2D eigenvalue weighted by atomic mass is 19.1. The van der Waals surface area contributed by atoms with Gasteiger partial charge in [0.1, 0.15) is 46.8 Å². The van der Waals surface area contributed by atoms with E-state index in [9.17, 15) is 58.1 Å². The number of aromatic nitrogens is 9. The maximum atomic E-state index is 14.6. The number of aromatic hydroxyl groups is 1. The summed E-state index contributed by atoms with van der Waals surface area (Å²) in [6, 6.07) is 95.3. The van der Waals surface area contributed by atoms with Crippen molar-refractivity contribution < 1.29 is 58.2 Å². The fraction of sp³-hybridized carbons (Fsp3) is 0.171. The largest absolute Gasteiger partial charge is 0.506 e. The normalized spacial score (nSPS) is 16.2. The number of urea groups is 1. The number of imide groups is 1. The van der Waals surface area contributed by atoms with Crippen LogP contribution in [0, 0.1) is 31.0 Å². The summed E-state index contributed by atoms with van der Waals surface area (Å²) in [6.07, 6.45) is 24.2. The lowest BCUT2D eigenvalue weighted by molar-refractivity contribution is -0.132. The van der Waals surface area contributed by atoms with Crippen molar-refractivity contribution in [1.29, 1.82) is 0 Å². The van der Waals surface area contributed by atoms with E-state index < -0.39 is 35.1 Å². The van der Waals surface area contributed by atoms with E-state index in [1.165, 1.54) is 21.1 Å². The Kier molecular flexibility index (Phi) is 31.3. The molecule has 150 heavy (non-hydrogen) atoms. The molecule has 2 fully saturated rings. The number of nitrogens with zero attached hydrogens (tertiary/aromatic N) is 12. The van der Waals surface area contributed by atoms with Crippen LogP contribution in [0.25, 0.3) is 66.2 Å². The van der Waals surface area contributed by atoms with E-state index in [2.05, 4.69) is 77.2 Å². The molecule has 1 saturated carbocycles. The fourth-order valence-corrected chi connectivity index (χ4v) is 19.2. The molecular formula is C123H106FN13O13. The quantitative estimate of drug-likeness (QED) is 0.0262. The van der Waals surface area contributed by atoms with E-state index in [-0.39, 0.29) is 82.4 Å². The van der Waals surface area contributed by atoms with Gasteiger partial charge in [0, 0.05) is 145 Å². The van der Waals surface area contributed by atoms with E-state index in [4.69, 9.17) is 14.7 Å². The van der Waals surface area contributed by atoms with E-state index in [0.717, 1.165) is 120 Å². The number of imidazole rings is 1. The number of rotatable bonds is 23. The molecule has 10 aromatic carbocycles. The molecule has 26 nitrogen and oxygen atoms in total. The monoisotopic (exact) mass is 1990 g/mol. The zero-order chi connectivity index (χ0) is 104. The Morgan fingerprint density at radius 2 is 1.04 bits per heavy atom. The number of aliphatic carboxylic acids is 1. The summed E-state index contributed by atoms with van der Waals surface area (Å²) < 4.78 is 19.9. The molecule has 0 bridgehead atoms. The van der Waals surface area contributed by atoms with Crippen LogP contribution in [0.4, 0.5) is 9.18 Å². The lowest BCUT2D eigenvalue weighted by atomic mass is 9.73. The first-order valence-electron chi connectivity index (χ1n) is 49.4. The van der Waals surface area contributed by atoms with E-state index in [1.807, 2.05) is 306 Å². The van der Waals surface area contributed by atoms with Gasteiger partial charge in [-0.25, -0.2) is 23.8 Å². The number of carboxylic acid groups (broad SMARTS) is 2. The number of aromatic carboxylic acids is 1. The van der Waals surface area contributed by atoms with E-state index >= 15 is 0 Å². The molecule has 5 atom stereocenters. The van der Waals surface area contributed by atoms with Gasteiger partial charge in [0.2, 0.25) is 0 Å². The van der Waals surface area contributed by atoms with Gasteiger partial charge in [0.25, 0.3) is 17.0 Å². The molecule has 0 spiro atoms. The molecule has 2 aliphatic carbocycles. The van der Waals surface area contributed by atoms with Crippen LogP contribution in [-0.4, -0.2) is 129 Å². The second-order valence-electron chi connectivity index (χ2n) is 37.6. The summed E-state index contributed by atoms with van der Waals surface area (Å²) in [7, 11) is 2.00. The number of carbonyl (C=O) groups is 6. The van der Waals surface area contributed by atoms with Crippen LogP contribution in [0.15, 0.2) is 403 Å². The van der Waals surface area contributed by atoms with Crippen molar-refractivity contribution in [2.45, 2.75) is 116 Å². The van der Waals surface area contributed by atoms with Crippen molar-refractivity contribution in [2.75, 3.05) is 0 Å². The van der Waals surface area contributed by atoms with E-state index in [1.54, 1.807) is 72.2 Å². The van der Waals surface area contributed by atoms with Crippen molar-refractivity contribution in [3.63, 3.8) is 0 Å². The molecule has 5 unspecified atom stereocenters. The topological polar surface area (TPSA) is 348 Å². The Balaban J connectivity index is 0.000000118. The van der Waals surface area contributed by atoms with Crippen molar-refractivity contribution in [1.82, 2.24) is 53.8 Å². The highest BCUT2D eigenvalue weighted by Gasteiger charge is 2.45. The SMILES string of the molecule is CC1ON=C(c2ccccc2)C1(C)Cc1cccnc1.Cc1cc2c(-c3ccccc3)c(C(=O)O)c(=O)n(Cc3cccnc3)c2cc1C.Cn1c(Cc2cccnc2)nc2cc(C(=O)c3ccccc3)ccc21.O=C(O)C1=CC(C2CC2)c2cc(-c3ccccc3)c(F)cc2C1=O.O=C1NC(CC2CC(c3ccccc3)=NO2)C(=O)N1Cc1cccnc1.O=c1c(-c2ccccc2)c(O)c2ccccc2n1CCc1cccnc1. The number of halogens is 1. The van der Waals surface area contributed by atoms with Crippen molar-refractivity contribution >= 4 is 79.7 Å². The summed E-state index contributed by atoms with van der Waals surface area (Å²) in [5.41, 5.74) is 18.8. The second-order valence-corrected chi connectivity index (χ2v) is 37.6. The predicted molar refractivity (Wildman–Crippen MR) is 575 cm³/mol. The lowest BCUT2D eigenvalue weighted by Crippen LogP contribution is -2.36. The lowest BCUT2D eigenvalue weighted by Gasteiger charge is -2.28. The third-order valence-corrected chi connectivity index (χ3v) is 27.5. The number of carbonyl (C=O) groups excluding carboxylic acids is 4. The van der Waals surface area contributed by atoms with Crippen LogP contribution in [0.3, 0.4) is 0 Å². The van der Waals surface area contributed by atoms with Gasteiger partial charge >= 0.3 is 18.0 Å². The minimum atomic E-state index is -1.25. The maximum Gasteiger partial charge on any atom is 0.342 e. The van der Waals surface area contributed by atoms with Crippen LogP contribution in [0.5, 0.6) is 5.75 Å². The van der Waals surface area contributed by atoms with Crippen LogP contribution in [-0.2, 0) is 65.2 Å². The Hall–Kier alpha value is -18.5. The number of amides is 3. The van der Waals surface area contributed by atoms with Gasteiger partial charge in [0.15, 0.2) is 11.6 Å². The average Bonchev–Trinajstić information content (AvgIpc) is 1.36. The number of fused-ring (bicyclic) bond motifs is 4. The number of pyridine rings is 7. The summed E-state index contributed by atoms with van der Waals surface area (Å²) in [4.78, 5) is 138. The Morgan fingerprint density at radius 1 is 0.500 bits per heavy atom. The molecule has 23 rings (SSSR count). The third-order valence-electron chi connectivity index (χ3n) is 27.5. The number of ketones is 2. The number of hydrogen-bond acceptors (Lipinski definition) is 19. The summed E-state index contributed by atoms with van der Waals surface area (Å²) in [6.45, 7) is 9.25. The molecule has 3 amide bonds. The van der Waals surface area contributed by atoms with Crippen molar-refractivity contribution in [3.8, 4) is 39.1 Å². The highest BCUT2D eigenvalue weighted by molar-refractivity contribution is 6.25. The summed E-state index contributed by atoms with van der Waals surface area (Å²) in [5.74, 6) is -2.62. The van der Waals surface area contributed by atoms with Gasteiger partial charge in [-0.3, -0.25) is 53.8 Å². The average molecular weight is 1990 g/mol. The number of hydrogen-bond donors (Lipinski definition) is 4. The molecule has 0 radical (unpaired) electrons. The van der Waals surface area contributed by atoms with Crippen LogP contribution in [0.1, 0.15) is 144 Å². The Labute approximate surface area is 864 Å². The first-order chi connectivity index (χ1) is 72.9. The molecule has 11 heterocycles. The number of carboxylic acids is 2. The third kappa shape index (κ3) is 23.1. The first kappa shape index (κ1) is 102. The number of nitrogens with one attached hydrogen (secondary N) is 1. The molecule has 5 aliphatic rings. The molecule has 4 N–H and O–H groups in total. The molecule has 748 valence electrons. The van der Waals surface area contributed by atoms with Gasteiger partial charge in [-0.1, -0.05) is 241 Å². The van der Waals surface area contributed by atoms with Crippen molar-refractivity contribution in [3.05, 3.63) is 493 Å². The second kappa shape index (κ2) is 46.2. The number of oxime groups is 2. The molecule has 18 aromatic rings. The zero-order valence-corrected chi connectivity index (χ0v) is 82.9. The fourth-order valence-electron chi connectivity index (χ4n) is 19.2. The van der Waals surface area contributed by atoms with Gasteiger partial charge in [-0.05, 0) is 211 Å². The summed E-state index contributed by atoms with van der Waals surface area (Å²) in [5, 5.41) is 42.6. The van der Waals surface area contributed by atoms with Crippen LogP contribution >= 0.6 is 0 Å². The minimum Gasteiger partial charge on any atom is -0.506 e. The molecule has 3 aliphatic heterocycles. The van der Waals surface area contributed by atoms with Gasteiger partial charge in [-0.15, -0.1) is 0 Å². The zero-order valence-electron chi connectivity index (χ0n) is 82.9. The highest BCUT2D eigenvalue weighted by Crippen LogP contribution is 2.49. The predicted octanol–water partition coefficient (Wildman–Crippen LogP) is 22.0. The number of Topliss-reactive ketones (excluding diaryl/α,β-unsaturated/α-hetero) is 1. The molecule has 27 heteroatoms. The Morgan fingerprint density at radius 3 is 1.63 bits per heavy atom. The van der Waals surface area contributed by atoms with Crippen LogP contribution in [0.2, 0.25) is 0 Å². The van der Waals surface area contributed by atoms with Gasteiger partial charge in [-0.2, -0.15) is 0 Å². The Bertz CT molecular complexity index is 8220. The summed E-state index contributed by atoms with van der Waals surface area (Å²) >= 11 is 0. The van der Waals surface area contributed by atoms with Gasteiger partial charge in [0.05, 0.1) is 57.6 Å².